The van der Waals surface area contributed by atoms with E-state index in [2.05, 4.69) is 13.8 Å². The number of Topliss-reactive ketones (excluding diaryl/α,β-unsaturated/α-hetero) is 1. The summed E-state index contributed by atoms with van der Waals surface area (Å²) in [7, 11) is 0. The largest absolute Gasteiger partial charge is 0.478 e. The molecule has 0 aliphatic heterocycles. The zero-order valence-corrected chi connectivity index (χ0v) is 11.4. The van der Waals surface area contributed by atoms with Gasteiger partial charge in [-0.3, -0.25) is 4.79 Å². The molecule has 0 unspecified atom stereocenters. The lowest BCUT2D eigenvalue weighted by atomic mass is 9.72. The third kappa shape index (κ3) is 3.42. The topological polar surface area (TPSA) is 54.4 Å². The molecule has 1 aliphatic carbocycles. The van der Waals surface area contributed by atoms with Crippen LogP contribution in [0.3, 0.4) is 0 Å². The van der Waals surface area contributed by atoms with Gasteiger partial charge in [0.2, 0.25) is 0 Å². The van der Waals surface area contributed by atoms with Gasteiger partial charge in [0.05, 0.1) is 0 Å². The van der Waals surface area contributed by atoms with Crippen molar-refractivity contribution in [1.82, 2.24) is 0 Å². The SMILES string of the molecule is CC1=C(/C=C/C(C)=C/C(=O)O)C(C)(C)CCC1=O. The van der Waals surface area contributed by atoms with Crippen LogP contribution in [0.2, 0.25) is 0 Å². The standard InChI is InChI=1S/C15H20O3/c1-10(9-14(17)18)5-6-12-11(2)13(16)7-8-15(12,3)4/h5-6,9H,7-8H2,1-4H3,(H,17,18)/b6-5+,10-9+. The first-order valence-corrected chi connectivity index (χ1v) is 6.08. The maximum Gasteiger partial charge on any atom is 0.328 e. The van der Waals surface area contributed by atoms with Crippen LogP contribution in [0.1, 0.15) is 40.5 Å². The van der Waals surface area contributed by atoms with Crippen LogP contribution in [-0.2, 0) is 9.59 Å². The molecule has 1 rings (SSSR count). The van der Waals surface area contributed by atoms with Gasteiger partial charge in [0, 0.05) is 12.5 Å². The first-order chi connectivity index (χ1) is 8.24. The third-order valence-corrected chi connectivity index (χ3v) is 3.39. The van der Waals surface area contributed by atoms with Crippen LogP contribution < -0.4 is 0 Å². The molecule has 0 heterocycles. The highest BCUT2D eigenvalue weighted by atomic mass is 16.4. The Labute approximate surface area is 108 Å². The van der Waals surface area contributed by atoms with E-state index in [4.69, 9.17) is 5.11 Å². The molecule has 0 saturated carbocycles. The molecule has 0 aromatic rings. The van der Waals surface area contributed by atoms with E-state index < -0.39 is 5.97 Å². The molecule has 3 heteroatoms. The highest BCUT2D eigenvalue weighted by molar-refractivity contribution is 5.97. The summed E-state index contributed by atoms with van der Waals surface area (Å²) in [5.74, 6) is -0.768. The molecule has 0 fully saturated rings. The van der Waals surface area contributed by atoms with Crippen LogP contribution in [0.4, 0.5) is 0 Å². The minimum Gasteiger partial charge on any atom is -0.478 e. The van der Waals surface area contributed by atoms with Crippen molar-refractivity contribution in [3.8, 4) is 0 Å². The van der Waals surface area contributed by atoms with E-state index in [0.29, 0.717) is 12.0 Å². The molecular formula is C15H20O3. The average molecular weight is 248 g/mol. The van der Waals surface area contributed by atoms with Crippen LogP contribution in [0.25, 0.3) is 0 Å². The van der Waals surface area contributed by atoms with Crippen LogP contribution in [0.5, 0.6) is 0 Å². The molecule has 0 spiro atoms. The normalized spacial score (nSPS) is 20.7. The zero-order chi connectivity index (χ0) is 13.9. The van der Waals surface area contributed by atoms with Crippen LogP contribution in [0.15, 0.2) is 34.9 Å². The highest BCUT2D eigenvalue weighted by Gasteiger charge is 2.30. The number of carbonyl (C=O) groups is 2. The van der Waals surface area contributed by atoms with Crippen LogP contribution in [0, 0.1) is 5.41 Å². The fraction of sp³-hybridized carbons (Fsp3) is 0.467. The summed E-state index contributed by atoms with van der Waals surface area (Å²) in [5, 5.41) is 8.64. The maximum atomic E-state index is 11.7. The molecule has 1 N–H and O–H groups in total. The van der Waals surface area contributed by atoms with Gasteiger partial charge in [-0.05, 0) is 42.4 Å². The molecular weight excluding hydrogens is 228 g/mol. The van der Waals surface area contributed by atoms with Gasteiger partial charge in [-0.25, -0.2) is 4.79 Å². The lowest BCUT2D eigenvalue weighted by molar-refractivity contribution is -0.131. The van der Waals surface area contributed by atoms with Crippen molar-refractivity contribution in [2.45, 2.75) is 40.5 Å². The smallest absolute Gasteiger partial charge is 0.328 e. The first kappa shape index (κ1) is 14.4. The summed E-state index contributed by atoms with van der Waals surface area (Å²) in [6, 6.07) is 0. The molecule has 0 atom stereocenters. The molecule has 0 saturated heterocycles. The van der Waals surface area contributed by atoms with Crippen molar-refractivity contribution < 1.29 is 14.7 Å². The molecule has 0 bridgehead atoms. The van der Waals surface area contributed by atoms with Gasteiger partial charge >= 0.3 is 5.97 Å². The second kappa shape index (κ2) is 5.34. The molecule has 0 aromatic carbocycles. The van der Waals surface area contributed by atoms with Gasteiger partial charge in [0.1, 0.15) is 0 Å². The van der Waals surface area contributed by atoms with E-state index in [0.717, 1.165) is 23.6 Å². The summed E-state index contributed by atoms with van der Waals surface area (Å²) < 4.78 is 0. The van der Waals surface area contributed by atoms with Crippen molar-refractivity contribution in [2.24, 2.45) is 5.41 Å². The summed E-state index contributed by atoms with van der Waals surface area (Å²) >= 11 is 0. The van der Waals surface area contributed by atoms with Gasteiger partial charge in [-0.2, -0.15) is 0 Å². The Morgan fingerprint density at radius 3 is 2.56 bits per heavy atom. The minimum absolute atomic E-state index is 0.0298. The highest BCUT2D eigenvalue weighted by Crippen LogP contribution is 2.39. The molecule has 0 radical (unpaired) electrons. The number of hydrogen-bond acceptors (Lipinski definition) is 2. The molecule has 98 valence electrons. The van der Waals surface area contributed by atoms with Gasteiger partial charge in [0.15, 0.2) is 5.78 Å². The van der Waals surface area contributed by atoms with Crippen LogP contribution >= 0.6 is 0 Å². The molecule has 0 aromatic heterocycles. The quantitative estimate of drug-likeness (QED) is 0.616. The first-order valence-electron chi connectivity index (χ1n) is 6.08. The van der Waals surface area contributed by atoms with Gasteiger partial charge in [0.25, 0.3) is 0 Å². The Morgan fingerprint density at radius 1 is 1.39 bits per heavy atom. The number of rotatable bonds is 3. The van der Waals surface area contributed by atoms with E-state index >= 15 is 0 Å². The number of allylic oxidation sites excluding steroid dienone is 5. The Hall–Kier alpha value is -1.64. The van der Waals surface area contributed by atoms with E-state index in [1.165, 1.54) is 0 Å². The zero-order valence-electron chi connectivity index (χ0n) is 11.4. The Kier molecular flexibility index (Phi) is 4.28. The van der Waals surface area contributed by atoms with E-state index in [9.17, 15) is 9.59 Å². The summed E-state index contributed by atoms with van der Waals surface area (Å²) in [4.78, 5) is 22.2. The second-order valence-electron chi connectivity index (χ2n) is 5.41. The summed E-state index contributed by atoms with van der Waals surface area (Å²) in [5.41, 5.74) is 2.44. The number of carboxylic acid groups (broad SMARTS) is 1. The van der Waals surface area contributed by atoms with E-state index in [-0.39, 0.29) is 11.2 Å². The fourth-order valence-electron chi connectivity index (χ4n) is 2.21. The van der Waals surface area contributed by atoms with E-state index in [1.54, 1.807) is 13.0 Å². The number of aliphatic carboxylic acids is 1. The third-order valence-electron chi connectivity index (χ3n) is 3.39. The monoisotopic (exact) mass is 248 g/mol. The summed E-state index contributed by atoms with van der Waals surface area (Å²) in [6.07, 6.45) is 6.23. The van der Waals surface area contributed by atoms with Gasteiger partial charge < -0.3 is 5.11 Å². The molecule has 0 amide bonds. The van der Waals surface area contributed by atoms with Crippen molar-refractivity contribution in [1.29, 1.82) is 0 Å². The fourth-order valence-corrected chi connectivity index (χ4v) is 2.21. The Bertz CT molecular complexity index is 462. The van der Waals surface area contributed by atoms with Crippen molar-refractivity contribution in [3.63, 3.8) is 0 Å². The maximum absolute atomic E-state index is 11.7. The predicted molar refractivity (Wildman–Crippen MR) is 71.3 cm³/mol. The second-order valence-corrected chi connectivity index (χ2v) is 5.41. The molecule has 18 heavy (non-hydrogen) atoms. The minimum atomic E-state index is -0.957. The Balaban J connectivity index is 3.06. The Morgan fingerprint density at radius 2 is 2.00 bits per heavy atom. The molecule has 1 aliphatic rings. The number of hydrogen-bond donors (Lipinski definition) is 1. The number of carbonyl (C=O) groups excluding carboxylic acids is 1. The summed E-state index contributed by atoms with van der Waals surface area (Å²) in [6.45, 7) is 7.80. The van der Waals surface area contributed by atoms with Crippen LogP contribution in [-0.4, -0.2) is 16.9 Å². The van der Waals surface area contributed by atoms with Crippen molar-refractivity contribution >= 4 is 11.8 Å². The lowest BCUT2D eigenvalue weighted by Crippen LogP contribution is -2.24. The van der Waals surface area contributed by atoms with Gasteiger partial charge in [-0.1, -0.05) is 26.0 Å². The lowest BCUT2D eigenvalue weighted by Gasteiger charge is -2.32. The van der Waals surface area contributed by atoms with Crippen molar-refractivity contribution in [3.05, 3.63) is 34.9 Å². The average Bonchev–Trinajstić information content (AvgIpc) is 2.23. The number of ketones is 1. The number of carboxylic acids is 1. The molecule has 3 nitrogen and oxygen atoms in total. The predicted octanol–water partition coefficient (Wildman–Crippen LogP) is 3.28. The van der Waals surface area contributed by atoms with E-state index in [1.807, 2.05) is 13.0 Å². The van der Waals surface area contributed by atoms with Crippen molar-refractivity contribution in [2.75, 3.05) is 0 Å². The van der Waals surface area contributed by atoms with Gasteiger partial charge in [-0.15, -0.1) is 0 Å².